The molecule has 0 bridgehead atoms. The van der Waals surface area contributed by atoms with Crippen molar-refractivity contribution in [3.63, 3.8) is 0 Å². The molecule has 1 aliphatic rings. The highest BCUT2D eigenvalue weighted by molar-refractivity contribution is 4.90. The van der Waals surface area contributed by atoms with E-state index in [0.717, 1.165) is 6.67 Å². The number of unbranched alkanes of at least 4 members (excludes halogenated alkanes) is 6. The second kappa shape index (κ2) is 9.38. The second-order valence-corrected chi connectivity index (χ2v) is 5.19. The van der Waals surface area contributed by atoms with Crippen molar-refractivity contribution in [1.82, 2.24) is 9.80 Å². The largest absolute Gasteiger partial charge is 0.359 e. The van der Waals surface area contributed by atoms with Gasteiger partial charge in [0.15, 0.2) is 0 Å². The summed E-state index contributed by atoms with van der Waals surface area (Å²) in [6.45, 7) is 8.12. The summed E-state index contributed by atoms with van der Waals surface area (Å²) in [6, 6.07) is 0. The molecule has 1 rings (SSSR count). The van der Waals surface area contributed by atoms with E-state index in [-0.39, 0.29) is 0 Å². The van der Waals surface area contributed by atoms with Gasteiger partial charge in [-0.2, -0.15) is 0 Å². The summed E-state index contributed by atoms with van der Waals surface area (Å²) in [4.78, 5) is 4.88. The van der Waals surface area contributed by atoms with E-state index in [1.807, 2.05) is 0 Å². The van der Waals surface area contributed by atoms with Gasteiger partial charge in [0.2, 0.25) is 0 Å². The Kier molecular flexibility index (Phi) is 7.94. The van der Waals surface area contributed by atoms with Crippen LogP contribution in [-0.2, 0) is 0 Å². The third kappa shape index (κ3) is 6.60. The maximum atomic E-state index is 2.45. The number of hydrogen-bond acceptors (Lipinski definition) is 2. The van der Waals surface area contributed by atoms with Crippen molar-refractivity contribution in [2.24, 2.45) is 0 Å². The SMILES string of the molecule is CCCCCCCCN1C=CN(CCCC)C1. The molecule has 0 atom stereocenters. The quantitative estimate of drug-likeness (QED) is 0.526. The van der Waals surface area contributed by atoms with Crippen LogP contribution >= 0.6 is 0 Å². The Labute approximate surface area is 108 Å². The van der Waals surface area contributed by atoms with E-state index in [9.17, 15) is 0 Å². The van der Waals surface area contributed by atoms with Crippen LogP contribution in [0.1, 0.15) is 65.2 Å². The van der Waals surface area contributed by atoms with Crippen LogP contribution in [0.2, 0.25) is 0 Å². The molecule has 0 aromatic heterocycles. The van der Waals surface area contributed by atoms with Gasteiger partial charge in [-0.05, 0) is 12.8 Å². The first-order chi connectivity index (χ1) is 8.36. The average molecular weight is 238 g/mol. The summed E-state index contributed by atoms with van der Waals surface area (Å²) < 4.78 is 0. The Morgan fingerprint density at radius 2 is 1.24 bits per heavy atom. The Morgan fingerprint density at radius 3 is 1.88 bits per heavy atom. The molecule has 0 aromatic carbocycles. The molecule has 0 unspecified atom stereocenters. The van der Waals surface area contributed by atoms with Crippen molar-refractivity contribution >= 4 is 0 Å². The third-order valence-corrected chi connectivity index (χ3v) is 3.45. The van der Waals surface area contributed by atoms with Crippen molar-refractivity contribution in [3.8, 4) is 0 Å². The Bertz CT molecular complexity index is 201. The highest BCUT2D eigenvalue weighted by Crippen LogP contribution is 2.11. The normalized spacial score (nSPS) is 14.9. The van der Waals surface area contributed by atoms with Crippen molar-refractivity contribution < 1.29 is 0 Å². The van der Waals surface area contributed by atoms with Crippen LogP contribution in [0.3, 0.4) is 0 Å². The van der Waals surface area contributed by atoms with Gasteiger partial charge in [-0.3, -0.25) is 0 Å². The van der Waals surface area contributed by atoms with Crippen LogP contribution < -0.4 is 0 Å². The lowest BCUT2D eigenvalue weighted by Crippen LogP contribution is -2.26. The number of hydrogen-bond donors (Lipinski definition) is 0. The Hall–Kier alpha value is -0.660. The standard InChI is InChI=1S/C15H30N2/c1-3-5-7-8-9-10-12-17-14-13-16(15-17)11-6-4-2/h13-14H,3-12,15H2,1-2H3. The molecule has 0 radical (unpaired) electrons. The minimum atomic E-state index is 1.12. The number of rotatable bonds is 10. The van der Waals surface area contributed by atoms with Crippen molar-refractivity contribution in [3.05, 3.63) is 12.4 Å². The van der Waals surface area contributed by atoms with E-state index in [4.69, 9.17) is 0 Å². The van der Waals surface area contributed by atoms with Gasteiger partial charge in [-0.25, -0.2) is 0 Å². The molecule has 0 fully saturated rings. The third-order valence-electron chi connectivity index (χ3n) is 3.45. The predicted octanol–water partition coefficient (Wildman–Crippen LogP) is 4.19. The summed E-state index contributed by atoms with van der Waals surface area (Å²) in [5.74, 6) is 0. The van der Waals surface area contributed by atoms with E-state index in [2.05, 4.69) is 36.0 Å². The molecule has 0 aromatic rings. The fraction of sp³-hybridized carbons (Fsp3) is 0.867. The van der Waals surface area contributed by atoms with Gasteiger partial charge in [-0.1, -0.05) is 52.4 Å². The lowest BCUT2D eigenvalue weighted by atomic mass is 10.1. The summed E-state index contributed by atoms with van der Waals surface area (Å²) in [6.07, 6.45) is 15.5. The maximum Gasteiger partial charge on any atom is 0.0893 e. The fourth-order valence-corrected chi connectivity index (χ4v) is 2.26. The highest BCUT2D eigenvalue weighted by Gasteiger charge is 2.10. The van der Waals surface area contributed by atoms with Crippen LogP contribution in [0.4, 0.5) is 0 Å². The fourth-order valence-electron chi connectivity index (χ4n) is 2.26. The maximum absolute atomic E-state index is 2.45. The summed E-state index contributed by atoms with van der Waals surface area (Å²) in [5.41, 5.74) is 0. The van der Waals surface area contributed by atoms with Crippen LogP contribution in [0.5, 0.6) is 0 Å². The zero-order valence-corrected chi connectivity index (χ0v) is 11.8. The van der Waals surface area contributed by atoms with E-state index < -0.39 is 0 Å². The first kappa shape index (κ1) is 14.4. The van der Waals surface area contributed by atoms with Crippen molar-refractivity contribution in [1.29, 1.82) is 0 Å². The van der Waals surface area contributed by atoms with Crippen LogP contribution in [-0.4, -0.2) is 29.6 Å². The molecule has 0 saturated heterocycles. The van der Waals surface area contributed by atoms with Crippen LogP contribution in [0.15, 0.2) is 12.4 Å². The summed E-state index contributed by atoms with van der Waals surface area (Å²) in [5, 5.41) is 0. The first-order valence-electron chi connectivity index (χ1n) is 7.53. The molecular weight excluding hydrogens is 208 g/mol. The molecular formula is C15H30N2. The van der Waals surface area contributed by atoms with E-state index in [0.29, 0.717) is 0 Å². The van der Waals surface area contributed by atoms with E-state index in [1.54, 1.807) is 0 Å². The second-order valence-electron chi connectivity index (χ2n) is 5.19. The van der Waals surface area contributed by atoms with Crippen molar-refractivity contribution in [2.45, 2.75) is 65.2 Å². The minimum Gasteiger partial charge on any atom is -0.359 e. The van der Waals surface area contributed by atoms with Gasteiger partial charge in [0, 0.05) is 25.5 Å². The molecule has 2 nitrogen and oxygen atoms in total. The Morgan fingerprint density at radius 1 is 0.706 bits per heavy atom. The smallest absolute Gasteiger partial charge is 0.0893 e. The van der Waals surface area contributed by atoms with Gasteiger partial charge in [0.25, 0.3) is 0 Å². The number of nitrogens with zero attached hydrogens (tertiary/aromatic N) is 2. The minimum absolute atomic E-state index is 1.12. The molecule has 17 heavy (non-hydrogen) atoms. The molecule has 1 aliphatic heterocycles. The Balaban J connectivity index is 1.93. The van der Waals surface area contributed by atoms with E-state index in [1.165, 1.54) is 64.5 Å². The molecule has 0 amide bonds. The topological polar surface area (TPSA) is 6.48 Å². The van der Waals surface area contributed by atoms with Gasteiger partial charge >= 0.3 is 0 Å². The van der Waals surface area contributed by atoms with Gasteiger partial charge in [0.1, 0.15) is 0 Å². The molecule has 100 valence electrons. The van der Waals surface area contributed by atoms with Crippen LogP contribution in [0.25, 0.3) is 0 Å². The van der Waals surface area contributed by atoms with Gasteiger partial charge < -0.3 is 9.80 Å². The monoisotopic (exact) mass is 238 g/mol. The average Bonchev–Trinajstić information content (AvgIpc) is 2.79. The van der Waals surface area contributed by atoms with Crippen molar-refractivity contribution in [2.75, 3.05) is 19.8 Å². The molecule has 0 N–H and O–H groups in total. The van der Waals surface area contributed by atoms with Gasteiger partial charge in [0.05, 0.1) is 6.67 Å². The summed E-state index contributed by atoms with van der Waals surface area (Å²) >= 11 is 0. The van der Waals surface area contributed by atoms with Crippen LogP contribution in [0, 0.1) is 0 Å². The van der Waals surface area contributed by atoms with E-state index >= 15 is 0 Å². The summed E-state index contributed by atoms with van der Waals surface area (Å²) in [7, 11) is 0. The van der Waals surface area contributed by atoms with Gasteiger partial charge in [-0.15, -0.1) is 0 Å². The molecule has 1 heterocycles. The lowest BCUT2D eigenvalue weighted by Gasteiger charge is -2.21. The molecule has 0 spiro atoms. The molecule has 0 aliphatic carbocycles. The zero-order valence-electron chi connectivity index (χ0n) is 11.8. The lowest BCUT2D eigenvalue weighted by molar-refractivity contribution is 0.258. The zero-order chi connectivity index (χ0) is 12.3. The first-order valence-corrected chi connectivity index (χ1v) is 7.53. The molecule has 0 saturated carbocycles. The highest BCUT2D eigenvalue weighted by atomic mass is 15.3. The predicted molar refractivity (Wildman–Crippen MR) is 75.7 cm³/mol. The molecule has 2 heteroatoms.